The van der Waals surface area contributed by atoms with Crippen molar-refractivity contribution in [2.45, 2.75) is 44.9 Å². The van der Waals surface area contributed by atoms with Crippen molar-refractivity contribution in [1.29, 1.82) is 0 Å². The summed E-state index contributed by atoms with van der Waals surface area (Å²) >= 11 is 0. The van der Waals surface area contributed by atoms with Crippen LogP contribution in [0.3, 0.4) is 0 Å². The Labute approximate surface area is 91.0 Å². The number of hydrogen-bond donors (Lipinski definition) is 1. The van der Waals surface area contributed by atoms with Crippen molar-refractivity contribution in [2.24, 2.45) is 0 Å². The summed E-state index contributed by atoms with van der Waals surface area (Å²) in [5.41, 5.74) is 0. The van der Waals surface area contributed by atoms with E-state index in [4.69, 9.17) is 4.74 Å². The third-order valence-electron chi connectivity index (χ3n) is 3.09. The quantitative estimate of drug-likeness (QED) is 0.683. The Hall–Kier alpha value is -0.610. The second-order valence-corrected chi connectivity index (χ2v) is 4.65. The zero-order valence-corrected chi connectivity index (χ0v) is 9.53. The molecule has 3 atom stereocenters. The third-order valence-corrected chi connectivity index (χ3v) is 3.09. The summed E-state index contributed by atoms with van der Waals surface area (Å²) in [4.78, 5) is 14.0. The molecule has 0 bridgehead atoms. The standard InChI is InChI=1S/C11H20N2O2/c1-8-6-13(7-9(2)15-8)11(14)10-4-3-5-12-10/h8-10,12H,3-7H2,1-2H3. The van der Waals surface area contributed by atoms with E-state index in [1.54, 1.807) is 0 Å². The molecule has 15 heavy (non-hydrogen) atoms. The highest BCUT2D eigenvalue weighted by atomic mass is 16.5. The van der Waals surface area contributed by atoms with Crippen LogP contribution in [-0.2, 0) is 9.53 Å². The van der Waals surface area contributed by atoms with Crippen molar-refractivity contribution in [2.75, 3.05) is 19.6 Å². The zero-order chi connectivity index (χ0) is 10.8. The highest BCUT2D eigenvalue weighted by molar-refractivity contribution is 5.82. The predicted molar refractivity (Wildman–Crippen MR) is 57.6 cm³/mol. The van der Waals surface area contributed by atoms with Gasteiger partial charge in [0.1, 0.15) is 0 Å². The zero-order valence-electron chi connectivity index (χ0n) is 9.53. The highest BCUT2D eigenvalue weighted by Crippen LogP contribution is 2.15. The summed E-state index contributed by atoms with van der Waals surface area (Å²) in [5, 5.41) is 3.25. The molecule has 2 heterocycles. The van der Waals surface area contributed by atoms with Crippen LogP contribution < -0.4 is 5.32 Å². The first kappa shape index (κ1) is 10.9. The van der Waals surface area contributed by atoms with Gasteiger partial charge in [0, 0.05) is 13.1 Å². The van der Waals surface area contributed by atoms with Gasteiger partial charge < -0.3 is 15.0 Å². The molecule has 0 spiro atoms. The van der Waals surface area contributed by atoms with E-state index in [9.17, 15) is 4.79 Å². The lowest BCUT2D eigenvalue weighted by atomic mass is 10.1. The van der Waals surface area contributed by atoms with Crippen LogP contribution in [0, 0.1) is 0 Å². The molecule has 2 saturated heterocycles. The van der Waals surface area contributed by atoms with Gasteiger partial charge in [-0.1, -0.05) is 0 Å². The molecule has 2 rings (SSSR count). The van der Waals surface area contributed by atoms with Crippen LogP contribution in [0.1, 0.15) is 26.7 Å². The number of ether oxygens (including phenoxy) is 1. The molecule has 0 aromatic heterocycles. The minimum Gasteiger partial charge on any atom is -0.372 e. The summed E-state index contributed by atoms with van der Waals surface area (Å²) in [6.07, 6.45) is 2.43. The molecule has 2 aliphatic heterocycles. The van der Waals surface area contributed by atoms with E-state index < -0.39 is 0 Å². The molecule has 2 fully saturated rings. The van der Waals surface area contributed by atoms with Crippen LogP contribution in [0.2, 0.25) is 0 Å². The molecule has 1 N–H and O–H groups in total. The molecule has 0 radical (unpaired) electrons. The topological polar surface area (TPSA) is 41.6 Å². The van der Waals surface area contributed by atoms with Gasteiger partial charge in [-0.3, -0.25) is 4.79 Å². The molecule has 0 saturated carbocycles. The minimum absolute atomic E-state index is 0.0579. The largest absolute Gasteiger partial charge is 0.372 e. The van der Waals surface area contributed by atoms with Crippen LogP contribution in [0.15, 0.2) is 0 Å². The molecular formula is C11H20N2O2. The summed E-state index contributed by atoms with van der Waals surface area (Å²) in [6.45, 7) is 6.50. The van der Waals surface area contributed by atoms with Crippen molar-refractivity contribution < 1.29 is 9.53 Å². The molecule has 4 heteroatoms. The van der Waals surface area contributed by atoms with Gasteiger partial charge in [0.25, 0.3) is 0 Å². The van der Waals surface area contributed by atoms with Gasteiger partial charge in [0.05, 0.1) is 18.2 Å². The average molecular weight is 212 g/mol. The number of hydrogen-bond acceptors (Lipinski definition) is 3. The molecule has 0 aromatic rings. The van der Waals surface area contributed by atoms with Crippen LogP contribution in [0.25, 0.3) is 0 Å². The fourth-order valence-electron chi connectivity index (χ4n) is 2.47. The number of carbonyl (C=O) groups excluding carboxylic acids is 1. The first-order valence-corrected chi connectivity index (χ1v) is 5.84. The maximum Gasteiger partial charge on any atom is 0.239 e. The second-order valence-electron chi connectivity index (χ2n) is 4.65. The third kappa shape index (κ3) is 2.49. The minimum atomic E-state index is 0.0579. The van der Waals surface area contributed by atoms with Gasteiger partial charge in [0.15, 0.2) is 0 Å². The Kier molecular flexibility index (Phi) is 3.26. The SMILES string of the molecule is CC1CN(C(=O)C2CCCN2)CC(C)O1. The number of nitrogens with zero attached hydrogens (tertiary/aromatic N) is 1. The highest BCUT2D eigenvalue weighted by Gasteiger charge is 2.31. The van der Waals surface area contributed by atoms with Crippen molar-refractivity contribution >= 4 is 5.91 Å². The van der Waals surface area contributed by atoms with E-state index >= 15 is 0 Å². The maximum absolute atomic E-state index is 12.1. The molecular weight excluding hydrogens is 192 g/mol. The number of carbonyl (C=O) groups is 1. The van der Waals surface area contributed by atoms with Crippen molar-refractivity contribution in [3.63, 3.8) is 0 Å². The summed E-state index contributed by atoms with van der Waals surface area (Å²) < 4.78 is 5.61. The predicted octanol–water partition coefficient (Wildman–Crippen LogP) is 0.374. The van der Waals surface area contributed by atoms with Crippen molar-refractivity contribution in [3.8, 4) is 0 Å². The van der Waals surface area contributed by atoms with Gasteiger partial charge in [-0.15, -0.1) is 0 Å². The Morgan fingerprint density at radius 2 is 2.00 bits per heavy atom. The summed E-state index contributed by atoms with van der Waals surface area (Å²) in [7, 11) is 0. The summed E-state index contributed by atoms with van der Waals surface area (Å²) in [5.74, 6) is 0.259. The molecule has 1 amide bonds. The molecule has 4 nitrogen and oxygen atoms in total. The fraction of sp³-hybridized carbons (Fsp3) is 0.909. The van der Waals surface area contributed by atoms with Gasteiger partial charge in [-0.2, -0.15) is 0 Å². The van der Waals surface area contributed by atoms with Gasteiger partial charge in [-0.25, -0.2) is 0 Å². The van der Waals surface area contributed by atoms with E-state index in [1.807, 2.05) is 18.7 Å². The van der Waals surface area contributed by atoms with Gasteiger partial charge in [0.2, 0.25) is 5.91 Å². The Morgan fingerprint density at radius 1 is 1.33 bits per heavy atom. The number of nitrogens with one attached hydrogen (secondary N) is 1. The average Bonchev–Trinajstić information content (AvgIpc) is 2.67. The van der Waals surface area contributed by atoms with Crippen LogP contribution in [0.4, 0.5) is 0 Å². The van der Waals surface area contributed by atoms with E-state index in [1.165, 1.54) is 0 Å². The normalized spacial score (nSPS) is 36.9. The van der Waals surface area contributed by atoms with E-state index in [0.717, 1.165) is 32.5 Å². The van der Waals surface area contributed by atoms with Crippen LogP contribution >= 0.6 is 0 Å². The molecule has 86 valence electrons. The molecule has 0 aromatic carbocycles. The Morgan fingerprint density at radius 3 is 2.53 bits per heavy atom. The fourth-order valence-corrected chi connectivity index (χ4v) is 2.47. The Balaban J connectivity index is 1.93. The second kappa shape index (κ2) is 4.49. The first-order chi connectivity index (χ1) is 7.16. The van der Waals surface area contributed by atoms with E-state index in [2.05, 4.69) is 5.32 Å². The number of amides is 1. The molecule has 2 aliphatic rings. The van der Waals surface area contributed by atoms with Crippen molar-refractivity contribution in [1.82, 2.24) is 10.2 Å². The van der Waals surface area contributed by atoms with Crippen LogP contribution in [-0.4, -0.2) is 48.7 Å². The monoisotopic (exact) mass is 212 g/mol. The maximum atomic E-state index is 12.1. The van der Waals surface area contributed by atoms with Crippen LogP contribution in [0.5, 0.6) is 0 Å². The van der Waals surface area contributed by atoms with Crippen molar-refractivity contribution in [3.05, 3.63) is 0 Å². The Bertz CT molecular complexity index is 229. The number of rotatable bonds is 1. The lowest BCUT2D eigenvalue weighted by Crippen LogP contribution is -2.53. The lowest BCUT2D eigenvalue weighted by Gasteiger charge is -2.36. The number of morpholine rings is 1. The van der Waals surface area contributed by atoms with E-state index in [-0.39, 0.29) is 24.2 Å². The summed E-state index contributed by atoms with van der Waals surface area (Å²) in [6, 6.07) is 0.0579. The first-order valence-electron chi connectivity index (χ1n) is 5.84. The lowest BCUT2D eigenvalue weighted by molar-refractivity contribution is -0.145. The molecule has 3 unspecified atom stereocenters. The van der Waals surface area contributed by atoms with Gasteiger partial charge >= 0.3 is 0 Å². The van der Waals surface area contributed by atoms with E-state index in [0.29, 0.717) is 0 Å². The van der Waals surface area contributed by atoms with Gasteiger partial charge in [-0.05, 0) is 33.2 Å². The smallest absolute Gasteiger partial charge is 0.239 e. The molecule has 0 aliphatic carbocycles.